The lowest BCUT2D eigenvalue weighted by molar-refractivity contribution is -0.120. The Bertz CT molecular complexity index is 2290. The van der Waals surface area contributed by atoms with Crippen molar-refractivity contribution in [2.45, 2.75) is 63.7 Å². The lowest BCUT2D eigenvalue weighted by Gasteiger charge is -2.33. The first-order chi connectivity index (χ1) is 25.7. The maximum absolute atomic E-state index is 13.3. The van der Waals surface area contributed by atoms with Gasteiger partial charge in [0, 0.05) is 98.8 Å². The smallest absolute Gasteiger partial charge is 0.262 e. The molecule has 6 heterocycles. The minimum atomic E-state index is -0.119. The molecule has 3 atom stereocenters. The summed E-state index contributed by atoms with van der Waals surface area (Å²) in [6.45, 7) is 4.69. The Morgan fingerprint density at radius 1 is 0.868 bits per heavy atom. The molecule has 0 bridgehead atoms. The molecule has 3 aliphatic rings. The van der Waals surface area contributed by atoms with Gasteiger partial charge in [-0.25, -0.2) is 9.97 Å². The van der Waals surface area contributed by atoms with Crippen LogP contribution in [0.3, 0.4) is 0 Å². The summed E-state index contributed by atoms with van der Waals surface area (Å²) >= 11 is 7.25. The summed E-state index contributed by atoms with van der Waals surface area (Å²) in [7, 11) is 2.07. The summed E-state index contributed by atoms with van der Waals surface area (Å²) in [4.78, 5) is 48.5. The second-order valence-corrected chi connectivity index (χ2v) is 14.8. The van der Waals surface area contributed by atoms with Gasteiger partial charge in [0.05, 0.1) is 10.7 Å². The Labute approximate surface area is 313 Å². The number of anilines is 1. The van der Waals surface area contributed by atoms with Gasteiger partial charge in [0.25, 0.3) is 5.56 Å². The molecule has 5 aromatic rings. The van der Waals surface area contributed by atoms with Crippen molar-refractivity contribution in [2.75, 3.05) is 31.6 Å². The minimum Gasteiger partial charge on any atom is -0.359 e. The summed E-state index contributed by atoms with van der Waals surface area (Å²) in [5, 5.41) is 13.6. The molecule has 272 valence electrons. The third kappa shape index (κ3) is 7.04. The summed E-state index contributed by atoms with van der Waals surface area (Å²) in [6, 6.07) is 20.8. The molecule has 0 unspecified atom stereocenters. The van der Waals surface area contributed by atoms with E-state index < -0.39 is 0 Å². The Morgan fingerprint density at radius 3 is 2.34 bits per heavy atom. The van der Waals surface area contributed by atoms with Crippen molar-refractivity contribution in [2.24, 2.45) is 0 Å². The fourth-order valence-electron chi connectivity index (χ4n) is 7.89. The van der Waals surface area contributed by atoms with E-state index in [2.05, 4.69) is 69.4 Å². The van der Waals surface area contributed by atoms with E-state index in [4.69, 9.17) is 16.6 Å². The highest BCUT2D eigenvalue weighted by Crippen LogP contribution is 2.41. The maximum atomic E-state index is 13.3. The van der Waals surface area contributed by atoms with E-state index in [0.717, 1.165) is 82.8 Å². The third-order valence-electron chi connectivity index (χ3n) is 10.9. The van der Waals surface area contributed by atoms with E-state index in [1.165, 1.54) is 0 Å². The zero-order valence-electron chi connectivity index (χ0n) is 29.9. The molecular formula is C41H43ClN8O3. The number of hydrogen-bond acceptors (Lipinski definition) is 8. The van der Waals surface area contributed by atoms with Crippen LogP contribution in [0.15, 0.2) is 77.9 Å². The zero-order chi connectivity index (χ0) is 36.6. The van der Waals surface area contributed by atoms with Crippen LogP contribution in [0.25, 0.3) is 39.2 Å². The van der Waals surface area contributed by atoms with Crippen molar-refractivity contribution in [1.82, 2.24) is 35.6 Å². The lowest BCUT2D eigenvalue weighted by Crippen LogP contribution is -2.40. The van der Waals surface area contributed by atoms with Crippen molar-refractivity contribution in [1.29, 1.82) is 0 Å². The largest absolute Gasteiger partial charge is 0.359 e. The van der Waals surface area contributed by atoms with Crippen molar-refractivity contribution in [3.05, 3.63) is 105 Å². The molecule has 2 amide bonds. The van der Waals surface area contributed by atoms with E-state index >= 15 is 0 Å². The Hall–Kier alpha value is -5.10. The summed E-state index contributed by atoms with van der Waals surface area (Å²) in [5.74, 6) is 1.14. The molecule has 2 aromatic carbocycles. The van der Waals surface area contributed by atoms with E-state index in [1.54, 1.807) is 16.8 Å². The lowest BCUT2D eigenvalue weighted by atomic mass is 9.91. The van der Waals surface area contributed by atoms with Crippen LogP contribution in [0.5, 0.6) is 0 Å². The van der Waals surface area contributed by atoms with E-state index in [0.29, 0.717) is 42.2 Å². The van der Waals surface area contributed by atoms with E-state index in [-0.39, 0.29) is 35.5 Å². The number of hydrogen-bond donors (Lipinski definition) is 4. The summed E-state index contributed by atoms with van der Waals surface area (Å²) in [5.41, 5.74) is 8.80. The van der Waals surface area contributed by atoms with Crippen molar-refractivity contribution in [3.63, 3.8) is 0 Å². The number of nitrogens with one attached hydrogen (secondary N) is 4. The Balaban J connectivity index is 1.03. The van der Waals surface area contributed by atoms with Gasteiger partial charge in [-0.3, -0.25) is 18.8 Å². The summed E-state index contributed by atoms with van der Waals surface area (Å²) < 4.78 is 1.58. The highest BCUT2D eigenvalue weighted by atomic mass is 35.5. The van der Waals surface area contributed by atoms with Crippen molar-refractivity contribution in [3.8, 4) is 33.5 Å². The first-order valence-corrected chi connectivity index (χ1v) is 18.8. The molecule has 2 fully saturated rings. The van der Waals surface area contributed by atoms with Crippen LogP contribution in [-0.4, -0.2) is 64.9 Å². The zero-order valence-corrected chi connectivity index (χ0v) is 30.7. The number of nitrogens with zero attached hydrogens (tertiary/aromatic N) is 4. The maximum Gasteiger partial charge on any atom is 0.262 e. The number of rotatable bonds is 10. The Kier molecular flexibility index (Phi) is 9.72. The minimum absolute atomic E-state index is 0.0741. The van der Waals surface area contributed by atoms with Gasteiger partial charge < -0.3 is 26.2 Å². The van der Waals surface area contributed by atoms with Crippen LogP contribution in [-0.2, 0) is 16.1 Å². The normalized spacial score (nSPS) is 19.8. The fraction of sp³-hybridized carbons (Fsp3) is 0.341. The number of aromatic nitrogens is 3. The van der Waals surface area contributed by atoms with Gasteiger partial charge in [0.1, 0.15) is 11.5 Å². The molecule has 0 aliphatic carbocycles. The fourth-order valence-corrected chi connectivity index (χ4v) is 8.21. The molecule has 3 aliphatic heterocycles. The van der Waals surface area contributed by atoms with Crippen LogP contribution in [0.2, 0.25) is 5.02 Å². The van der Waals surface area contributed by atoms with Crippen LogP contribution >= 0.6 is 11.6 Å². The second-order valence-electron chi connectivity index (χ2n) is 14.4. The number of pyridine rings is 2. The number of halogens is 1. The molecule has 0 saturated carbocycles. The second kappa shape index (κ2) is 14.7. The quantitative estimate of drug-likeness (QED) is 0.155. The topological polar surface area (TPSA) is 133 Å². The predicted molar refractivity (Wildman–Crippen MR) is 208 cm³/mol. The van der Waals surface area contributed by atoms with Gasteiger partial charge in [0.15, 0.2) is 0 Å². The first-order valence-electron chi connectivity index (χ1n) is 18.4. The average Bonchev–Trinajstić information content (AvgIpc) is 3.79. The predicted octanol–water partition coefficient (Wildman–Crippen LogP) is 5.17. The first kappa shape index (κ1) is 35.0. The standard InChI is InChI=1S/C41H43ClN8O3/c1-24-29(25-15-18-50-36(19-25)45-21-26(41(50)53)20-43-22-27-9-13-37(51)46-27)5-3-6-30(24)31-7-4-8-32(39(31)42)35-12-11-33-34(16-17-49(2)40(33)48-35)44-23-28-10-14-38(52)47-28/h3-8,11-12,15,18-19,21,27-28,34,43-44H,9-10,13-14,16-17,20,22-23H2,1-2H3,(H,46,51)(H,47,52)/t27-,28-,34+/m0/s1. The van der Waals surface area contributed by atoms with Gasteiger partial charge in [-0.2, -0.15) is 0 Å². The summed E-state index contributed by atoms with van der Waals surface area (Å²) in [6.07, 6.45) is 7.19. The number of benzene rings is 2. The third-order valence-corrected chi connectivity index (χ3v) is 11.3. The van der Waals surface area contributed by atoms with Gasteiger partial charge in [-0.15, -0.1) is 0 Å². The van der Waals surface area contributed by atoms with Gasteiger partial charge in [-0.1, -0.05) is 54.1 Å². The van der Waals surface area contributed by atoms with Gasteiger partial charge in [-0.05, 0) is 66.6 Å². The van der Waals surface area contributed by atoms with Crippen molar-refractivity contribution < 1.29 is 9.59 Å². The van der Waals surface area contributed by atoms with Gasteiger partial charge in [0.2, 0.25) is 11.8 Å². The molecular weight excluding hydrogens is 688 g/mol. The van der Waals surface area contributed by atoms with Gasteiger partial charge >= 0.3 is 0 Å². The van der Waals surface area contributed by atoms with Crippen molar-refractivity contribution >= 4 is 34.9 Å². The molecule has 4 N–H and O–H groups in total. The highest BCUT2D eigenvalue weighted by Gasteiger charge is 2.28. The molecule has 12 heteroatoms. The molecule has 0 radical (unpaired) electrons. The van der Waals surface area contributed by atoms with Crippen LogP contribution in [0.4, 0.5) is 5.82 Å². The number of carbonyl (C=O) groups is 2. The highest BCUT2D eigenvalue weighted by molar-refractivity contribution is 6.36. The van der Waals surface area contributed by atoms with E-state index in [1.807, 2.05) is 36.4 Å². The molecule has 2 saturated heterocycles. The number of fused-ring (bicyclic) bond motifs is 2. The Morgan fingerprint density at radius 2 is 1.58 bits per heavy atom. The SMILES string of the molecule is Cc1c(-c2ccn3c(=O)c(CNC[C@@H]4CCC(=O)N4)cnc3c2)cccc1-c1cccc(-c2ccc3c(n2)N(C)CC[C@H]3NC[C@@H]2CCC(=O)N2)c1Cl. The molecule has 8 rings (SSSR count). The monoisotopic (exact) mass is 730 g/mol. The van der Waals surface area contributed by atoms with Crippen LogP contribution < -0.4 is 31.7 Å². The molecule has 0 spiro atoms. The molecule has 11 nitrogen and oxygen atoms in total. The van der Waals surface area contributed by atoms with Crippen LogP contribution in [0, 0.1) is 6.92 Å². The number of carbonyl (C=O) groups excluding carboxylic acids is 2. The molecule has 53 heavy (non-hydrogen) atoms. The van der Waals surface area contributed by atoms with E-state index in [9.17, 15) is 14.4 Å². The van der Waals surface area contributed by atoms with Crippen LogP contribution in [0.1, 0.15) is 54.8 Å². The average molecular weight is 731 g/mol. The molecule has 3 aromatic heterocycles. The number of amides is 2.